The van der Waals surface area contributed by atoms with Crippen LogP contribution < -0.4 is 14.8 Å². The van der Waals surface area contributed by atoms with Gasteiger partial charge in [-0.3, -0.25) is 0 Å². The number of methoxy groups -OCH3 is 1. The second-order valence-electron chi connectivity index (χ2n) is 5.68. The minimum Gasteiger partial charge on any atom is -0.493 e. The second kappa shape index (κ2) is 6.79. The molecule has 22 heavy (non-hydrogen) atoms. The van der Waals surface area contributed by atoms with Gasteiger partial charge in [-0.25, -0.2) is 4.39 Å². The molecule has 116 valence electrons. The first-order valence-corrected chi connectivity index (χ1v) is 7.62. The van der Waals surface area contributed by atoms with Gasteiger partial charge in [0.05, 0.1) is 13.2 Å². The number of quaternary nitrogens is 1. The van der Waals surface area contributed by atoms with E-state index < -0.39 is 0 Å². The number of benzene rings is 2. The van der Waals surface area contributed by atoms with E-state index in [1.807, 2.05) is 12.1 Å². The zero-order valence-electron chi connectivity index (χ0n) is 12.7. The molecule has 1 fully saturated rings. The van der Waals surface area contributed by atoms with Crippen molar-refractivity contribution in [2.24, 2.45) is 0 Å². The summed E-state index contributed by atoms with van der Waals surface area (Å²) in [4.78, 5) is 0. The van der Waals surface area contributed by atoms with E-state index in [1.165, 1.54) is 30.5 Å². The molecule has 0 bridgehead atoms. The molecule has 0 aliphatic heterocycles. The number of rotatable bonds is 7. The Morgan fingerprint density at radius 3 is 2.45 bits per heavy atom. The van der Waals surface area contributed by atoms with Crippen LogP contribution in [0.2, 0.25) is 0 Å². The van der Waals surface area contributed by atoms with Crippen molar-refractivity contribution in [2.45, 2.75) is 32.0 Å². The Kier molecular flexibility index (Phi) is 4.59. The van der Waals surface area contributed by atoms with E-state index in [0.717, 1.165) is 23.9 Å². The molecule has 4 heteroatoms. The van der Waals surface area contributed by atoms with Crippen LogP contribution in [0.1, 0.15) is 24.0 Å². The van der Waals surface area contributed by atoms with Crippen molar-refractivity contribution in [1.82, 2.24) is 0 Å². The monoisotopic (exact) mass is 302 g/mol. The fourth-order valence-corrected chi connectivity index (χ4v) is 2.33. The highest BCUT2D eigenvalue weighted by atomic mass is 19.1. The van der Waals surface area contributed by atoms with Gasteiger partial charge in [0.25, 0.3) is 0 Å². The predicted molar refractivity (Wildman–Crippen MR) is 82.4 cm³/mol. The smallest absolute Gasteiger partial charge is 0.161 e. The molecule has 0 unspecified atom stereocenters. The summed E-state index contributed by atoms with van der Waals surface area (Å²) in [6.45, 7) is 1.36. The van der Waals surface area contributed by atoms with Crippen LogP contribution in [0.15, 0.2) is 42.5 Å². The zero-order valence-corrected chi connectivity index (χ0v) is 12.7. The molecule has 1 aliphatic carbocycles. The van der Waals surface area contributed by atoms with Gasteiger partial charge in [-0.2, -0.15) is 0 Å². The molecule has 1 saturated carbocycles. The molecular formula is C18H21FNO2+. The van der Waals surface area contributed by atoms with E-state index in [-0.39, 0.29) is 5.82 Å². The van der Waals surface area contributed by atoms with Gasteiger partial charge in [-0.05, 0) is 35.9 Å². The van der Waals surface area contributed by atoms with Gasteiger partial charge in [-0.15, -0.1) is 0 Å². The number of halogens is 1. The molecule has 0 spiro atoms. The molecule has 0 heterocycles. The molecule has 0 radical (unpaired) electrons. The quantitative estimate of drug-likeness (QED) is 0.853. The van der Waals surface area contributed by atoms with Gasteiger partial charge in [0.15, 0.2) is 11.5 Å². The average molecular weight is 302 g/mol. The van der Waals surface area contributed by atoms with Crippen molar-refractivity contribution >= 4 is 0 Å². The van der Waals surface area contributed by atoms with E-state index >= 15 is 0 Å². The topological polar surface area (TPSA) is 35.1 Å². The summed E-state index contributed by atoms with van der Waals surface area (Å²) < 4.78 is 24.1. The van der Waals surface area contributed by atoms with Crippen molar-refractivity contribution in [3.8, 4) is 11.5 Å². The lowest BCUT2D eigenvalue weighted by molar-refractivity contribution is -0.683. The van der Waals surface area contributed by atoms with Crippen LogP contribution in [-0.2, 0) is 13.2 Å². The fourth-order valence-electron chi connectivity index (χ4n) is 2.33. The third-order valence-electron chi connectivity index (χ3n) is 3.84. The highest BCUT2D eigenvalue weighted by Crippen LogP contribution is 2.28. The molecule has 0 aromatic heterocycles. The standard InChI is InChI=1S/C18H20FNO2/c1-21-18-10-14(11-20-16-7-8-16)4-9-17(18)22-12-13-2-5-15(19)6-3-13/h2-6,9-10,16,20H,7-8,11-12H2,1H3/p+1. The maximum atomic E-state index is 12.9. The van der Waals surface area contributed by atoms with Gasteiger partial charge in [0, 0.05) is 18.4 Å². The Bertz CT molecular complexity index is 623. The minimum absolute atomic E-state index is 0.238. The summed E-state index contributed by atoms with van der Waals surface area (Å²) in [5, 5.41) is 2.37. The van der Waals surface area contributed by atoms with Crippen LogP contribution in [0, 0.1) is 5.82 Å². The fraction of sp³-hybridized carbons (Fsp3) is 0.333. The van der Waals surface area contributed by atoms with Crippen LogP contribution in [-0.4, -0.2) is 13.2 Å². The van der Waals surface area contributed by atoms with Crippen molar-refractivity contribution < 1.29 is 19.2 Å². The summed E-state index contributed by atoms with van der Waals surface area (Å²) >= 11 is 0. The maximum Gasteiger partial charge on any atom is 0.161 e. The van der Waals surface area contributed by atoms with Crippen LogP contribution in [0.4, 0.5) is 4.39 Å². The first-order chi connectivity index (χ1) is 10.7. The Labute approximate surface area is 130 Å². The van der Waals surface area contributed by atoms with E-state index in [2.05, 4.69) is 11.4 Å². The molecule has 0 atom stereocenters. The first-order valence-electron chi connectivity index (χ1n) is 7.62. The summed E-state index contributed by atoms with van der Waals surface area (Å²) in [7, 11) is 1.65. The number of nitrogens with two attached hydrogens (primary N) is 1. The third kappa shape index (κ3) is 3.98. The first kappa shape index (κ1) is 14.9. The van der Waals surface area contributed by atoms with E-state index in [4.69, 9.17) is 9.47 Å². The SMILES string of the molecule is COc1cc(C[NH2+]C2CC2)ccc1OCc1ccc(F)cc1. The zero-order chi connectivity index (χ0) is 15.4. The molecule has 3 nitrogen and oxygen atoms in total. The van der Waals surface area contributed by atoms with Crippen LogP contribution >= 0.6 is 0 Å². The highest BCUT2D eigenvalue weighted by Gasteiger charge is 2.24. The van der Waals surface area contributed by atoms with Gasteiger partial charge in [0.2, 0.25) is 0 Å². The van der Waals surface area contributed by atoms with Gasteiger partial charge in [0.1, 0.15) is 19.0 Å². The number of ether oxygens (including phenoxy) is 2. The Hall–Kier alpha value is -2.07. The van der Waals surface area contributed by atoms with Crippen molar-refractivity contribution in [3.63, 3.8) is 0 Å². The maximum absolute atomic E-state index is 12.9. The van der Waals surface area contributed by atoms with E-state index in [1.54, 1.807) is 19.2 Å². The average Bonchev–Trinajstić information content (AvgIpc) is 3.37. The lowest BCUT2D eigenvalue weighted by Gasteiger charge is -2.12. The Morgan fingerprint density at radius 2 is 1.77 bits per heavy atom. The molecule has 0 amide bonds. The second-order valence-corrected chi connectivity index (χ2v) is 5.68. The van der Waals surface area contributed by atoms with Gasteiger partial charge in [-0.1, -0.05) is 12.1 Å². The largest absolute Gasteiger partial charge is 0.493 e. The van der Waals surface area contributed by atoms with Crippen LogP contribution in [0.25, 0.3) is 0 Å². The van der Waals surface area contributed by atoms with Crippen LogP contribution in [0.5, 0.6) is 11.5 Å². The molecule has 2 N–H and O–H groups in total. The molecule has 1 aliphatic rings. The van der Waals surface area contributed by atoms with E-state index in [0.29, 0.717) is 12.4 Å². The number of hydrogen-bond acceptors (Lipinski definition) is 2. The van der Waals surface area contributed by atoms with Crippen molar-refractivity contribution in [2.75, 3.05) is 7.11 Å². The van der Waals surface area contributed by atoms with Crippen molar-refractivity contribution in [3.05, 3.63) is 59.4 Å². The van der Waals surface area contributed by atoms with Crippen LogP contribution in [0.3, 0.4) is 0 Å². The third-order valence-corrected chi connectivity index (χ3v) is 3.84. The molecule has 0 saturated heterocycles. The van der Waals surface area contributed by atoms with E-state index in [9.17, 15) is 4.39 Å². The summed E-state index contributed by atoms with van der Waals surface area (Å²) in [6.07, 6.45) is 2.66. The minimum atomic E-state index is -0.238. The van der Waals surface area contributed by atoms with Gasteiger partial charge < -0.3 is 14.8 Å². The lowest BCUT2D eigenvalue weighted by atomic mass is 10.2. The molecule has 2 aromatic rings. The predicted octanol–water partition coefficient (Wildman–Crippen LogP) is 2.64. The Balaban J connectivity index is 1.62. The lowest BCUT2D eigenvalue weighted by Crippen LogP contribution is -2.84. The summed E-state index contributed by atoms with van der Waals surface area (Å²) in [5.41, 5.74) is 2.16. The normalized spacial score (nSPS) is 13.9. The molecule has 2 aromatic carbocycles. The molecular weight excluding hydrogens is 281 g/mol. The van der Waals surface area contributed by atoms with Gasteiger partial charge >= 0.3 is 0 Å². The van der Waals surface area contributed by atoms with Crippen molar-refractivity contribution in [1.29, 1.82) is 0 Å². The summed E-state index contributed by atoms with van der Waals surface area (Å²) in [5.74, 6) is 1.21. The number of hydrogen-bond donors (Lipinski definition) is 1. The Morgan fingerprint density at radius 1 is 1.05 bits per heavy atom. The summed E-state index contributed by atoms with van der Waals surface area (Å²) in [6, 6.07) is 13.2. The molecule has 3 rings (SSSR count). The highest BCUT2D eigenvalue weighted by molar-refractivity contribution is 5.42.